The van der Waals surface area contributed by atoms with E-state index in [4.69, 9.17) is 13.6 Å². The molecule has 0 aliphatic rings. The maximum Gasteiger partial charge on any atom is 0.333 e. The Bertz CT molecular complexity index is 652. The van der Waals surface area contributed by atoms with Crippen molar-refractivity contribution in [2.45, 2.75) is 20.1 Å². The van der Waals surface area contributed by atoms with Crippen molar-refractivity contribution >= 4 is 8.60 Å². The van der Waals surface area contributed by atoms with Gasteiger partial charge in [0.05, 0.1) is 19.8 Å². The van der Waals surface area contributed by atoms with E-state index in [1.807, 2.05) is 85.8 Å². The van der Waals surface area contributed by atoms with Crippen LogP contribution >= 0.6 is 8.60 Å². The molecule has 4 heteroatoms. The third-order valence-electron chi connectivity index (χ3n) is 3.51. The first-order valence-electron chi connectivity index (χ1n) is 8.53. The molecule has 0 amide bonds. The van der Waals surface area contributed by atoms with Crippen LogP contribution in [-0.4, -0.2) is 6.61 Å². The van der Waals surface area contributed by atoms with Gasteiger partial charge in [-0.1, -0.05) is 91.5 Å². The van der Waals surface area contributed by atoms with Crippen molar-refractivity contribution in [3.8, 4) is 0 Å². The van der Waals surface area contributed by atoms with Gasteiger partial charge in [-0.25, -0.2) is 0 Å². The highest BCUT2D eigenvalue weighted by Gasteiger charge is 2.14. The minimum atomic E-state index is -1.46. The van der Waals surface area contributed by atoms with Gasteiger partial charge in [0.25, 0.3) is 0 Å². The second kappa shape index (κ2) is 12.3. The number of benzene rings is 2. The molecule has 0 radical (unpaired) electrons. The maximum atomic E-state index is 5.90. The highest BCUT2D eigenvalue weighted by Crippen LogP contribution is 2.42. The number of hydrogen-bond donors (Lipinski definition) is 0. The molecule has 0 aliphatic heterocycles. The zero-order chi connectivity index (χ0) is 18.5. The topological polar surface area (TPSA) is 27.7 Å². The summed E-state index contributed by atoms with van der Waals surface area (Å²) in [6, 6.07) is 20.0. The van der Waals surface area contributed by atoms with Gasteiger partial charge in [0.2, 0.25) is 0 Å². The summed E-state index contributed by atoms with van der Waals surface area (Å²) >= 11 is 0. The van der Waals surface area contributed by atoms with Crippen LogP contribution in [0.1, 0.15) is 18.1 Å². The normalized spacial score (nSPS) is 12.0. The van der Waals surface area contributed by atoms with Crippen molar-refractivity contribution in [3.05, 3.63) is 108 Å². The molecule has 0 saturated heterocycles. The summed E-state index contributed by atoms with van der Waals surface area (Å²) in [6.45, 7) is 7.00. The highest BCUT2D eigenvalue weighted by molar-refractivity contribution is 7.41. The Balaban J connectivity index is 1.93. The molecule has 0 aromatic heterocycles. The molecule has 2 rings (SSSR count). The molecule has 3 nitrogen and oxygen atoms in total. The first-order chi connectivity index (χ1) is 12.8. The maximum absolute atomic E-state index is 5.90. The average molecular weight is 368 g/mol. The van der Waals surface area contributed by atoms with Gasteiger partial charge in [0, 0.05) is 0 Å². The fourth-order valence-corrected chi connectivity index (χ4v) is 3.05. The van der Waals surface area contributed by atoms with E-state index in [0.717, 1.165) is 16.7 Å². The van der Waals surface area contributed by atoms with E-state index in [0.29, 0.717) is 19.8 Å². The van der Waals surface area contributed by atoms with Crippen molar-refractivity contribution in [1.29, 1.82) is 0 Å². The number of allylic oxidation sites excluding steroid dienone is 3. The molecule has 0 aliphatic carbocycles. The fourth-order valence-electron chi connectivity index (χ4n) is 2.06. The first kappa shape index (κ1) is 20.3. The smallest absolute Gasteiger partial charge is 0.307 e. The SMILES string of the molecule is C=C/C=C\C(=C/C)COP(OCc1ccccc1)OCc1ccccc1. The van der Waals surface area contributed by atoms with Crippen molar-refractivity contribution in [2.75, 3.05) is 6.61 Å². The van der Waals surface area contributed by atoms with Crippen molar-refractivity contribution in [1.82, 2.24) is 0 Å². The predicted molar refractivity (Wildman–Crippen MR) is 108 cm³/mol. The van der Waals surface area contributed by atoms with E-state index in [2.05, 4.69) is 6.58 Å². The molecule has 0 spiro atoms. The summed E-state index contributed by atoms with van der Waals surface area (Å²) in [7, 11) is -1.46. The van der Waals surface area contributed by atoms with Crippen LogP contribution in [0.25, 0.3) is 0 Å². The highest BCUT2D eigenvalue weighted by atomic mass is 31.2. The molecule has 2 aromatic carbocycles. The Morgan fingerprint density at radius 2 is 1.42 bits per heavy atom. The summed E-state index contributed by atoms with van der Waals surface area (Å²) < 4.78 is 17.7. The van der Waals surface area contributed by atoms with E-state index >= 15 is 0 Å². The largest absolute Gasteiger partial charge is 0.333 e. The van der Waals surface area contributed by atoms with Gasteiger partial charge < -0.3 is 13.6 Å². The predicted octanol–water partition coefficient (Wildman–Crippen LogP) is 6.35. The average Bonchev–Trinajstić information content (AvgIpc) is 2.71. The van der Waals surface area contributed by atoms with Crippen LogP contribution in [0.5, 0.6) is 0 Å². The van der Waals surface area contributed by atoms with Crippen LogP contribution in [0.3, 0.4) is 0 Å². The quantitative estimate of drug-likeness (QED) is 0.341. The van der Waals surface area contributed by atoms with Gasteiger partial charge in [-0.2, -0.15) is 0 Å². The van der Waals surface area contributed by atoms with Crippen molar-refractivity contribution < 1.29 is 13.6 Å². The molecule has 136 valence electrons. The standard InChI is InChI=1S/C22H25O3P/c1-3-5-12-20(4-2)17-23-26(24-18-21-13-8-6-9-14-21)25-19-22-15-10-7-11-16-22/h3-16H,1,17-19H2,2H3/b12-5-,20-4+. The lowest BCUT2D eigenvalue weighted by molar-refractivity contribution is 0.157. The fraction of sp³-hybridized carbons (Fsp3) is 0.182. The molecule has 0 heterocycles. The zero-order valence-corrected chi connectivity index (χ0v) is 16.0. The molecular formula is C22H25O3P. The van der Waals surface area contributed by atoms with Gasteiger partial charge in [-0.05, 0) is 23.6 Å². The van der Waals surface area contributed by atoms with Crippen LogP contribution in [0.4, 0.5) is 0 Å². The Labute approximate surface area is 157 Å². The van der Waals surface area contributed by atoms with E-state index < -0.39 is 8.60 Å². The zero-order valence-electron chi connectivity index (χ0n) is 15.1. The molecule has 0 N–H and O–H groups in total. The Morgan fingerprint density at radius 3 is 1.88 bits per heavy atom. The van der Waals surface area contributed by atoms with Gasteiger partial charge in [-0.15, -0.1) is 0 Å². The molecule has 0 saturated carbocycles. The molecule has 0 bridgehead atoms. The second-order valence-corrected chi connectivity index (χ2v) is 6.70. The first-order valence-corrected chi connectivity index (χ1v) is 9.62. The lowest BCUT2D eigenvalue weighted by Crippen LogP contribution is -2.00. The van der Waals surface area contributed by atoms with Crippen molar-refractivity contribution in [3.63, 3.8) is 0 Å². The lowest BCUT2D eigenvalue weighted by atomic mass is 10.2. The van der Waals surface area contributed by atoms with E-state index in [1.54, 1.807) is 6.08 Å². The summed E-state index contributed by atoms with van der Waals surface area (Å²) in [6.07, 6.45) is 7.59. The number of hydrogen-bond acceptors (Lipinski definition) is 3. The Morgan fingerprint density at radius 1 is 0.885 bits per heavy atom. The number of rotatable bonds is 11. The van der Waals surface area contributed by atoms with Gasteiger partial charge in [0.15, 0.2) is 0 Å². The minimum Gasteiger partial charge on any atom is -0.307 e. The van der Waals surface area contributed by atoms with E-state index in [-0.39, 0.29) is 0 Å². The Hall–Kier alpha value is -2.03. The van der Waals surface area contributed by atoms with Crippen LogP contribution in [0.2, 0.25) is 0 Å². The summed E-state index contributed by atoms with van der Waals surface area (Å²) in [5.74, 6) is 0. The third kappa shape index (κ3) is 7.90. The lowest BCUT2D eigenvalue weighted by Gasteiger charge is -2.17. The summed E-state index contributed by atoms with van der Waals surface area (Å²) in [4.78, 5) is 0. The van der Waals surface area contributed by atoms with Crippen LogP contribution < -0.4 is 0 Å². The van der Waals surface area contributed by atoms with Gasteiger partial charge >= 0.3 is 8.60 Å². The monoisotopic (exact) mass is 368 g/mol. The summed E-state index contributed by atoms with van der Waals surface area (Å²) in [5.41, 5.74) is 3.22. The molecular weight excluding hydrogens is 343 g/mol. The van der Waals surface area contributed by atoms with E-state index in [9.17, 15) is 0 Å². The summed E-state index contributed by atoms with van der Waals surface area (Å²) in [5, 5.41) is 0. The Kier molecular flexibility index (Phi) is 9.63. The second-order valence-electron chi connectivity index (χ2n) is 5.47. The van der Waals surface area contributed by atoms with Crippen LogP contribution in [-0.2, 0) is 26.8 Å². The molecule has 0 unspecified atom stereocenters. The van der Waals surface area contributed by atoms with E-state index in [1.165, 1.54) is 0 Å². The van der Waals surface area contributed by atoms with Crippen LogP contribution in [0, 0.1) is 0 Å². The van der Waals surface area contributed by atoms with Gasteiger partial charge in [0.1, 0.15) is 0 Å². The minimum absolute atomic E-state index is 0.427. The van der Waals surface area contributed by atoms with Gasteiger partial charge in [-0.3, -0.25) is 0 Å². The van der Waals surface area contributed by atoms with Crippen LogP contribution in [0.15, 0.2) is 97.1 Å². The molecule has 0 atom stereocenters. The molecule has 0 fully saturated rings. The van der Waals surface area contributed by atoms with Crippen molar-refractivity contribution in [2.24, 2.45) is 0 Å². The molecule has 26 heavy (non-hydrogen) atoms. The molecule has 2 aromatic rings. The third-order valence-corrected chi connectivity index (χ3v) is 4.53.